The smallest absolute Gasteiger partial charge is 0.0897 e. The largest absolute Gasteiger partial charge is 0.306 e. The summed E-state index contributed by atoms with van der Waals surface area (Å²) in [7, 11) is 0. The molecule has 0 spiro atoms. The van der Waals surface area contributed by atoms with E-state index in [1.807, 2.05) is 25.3 Å². The average Bonchev–Trinajstić information content (AvgIpc) is 2.67. The molecule has 0 aromatic carbocycles. The molecule has 0 unspecified atom stereocenters. The fraction of sp³-hybridized carbons (Fsp3) is 0.273. The number of nitrogens with zero attached hydrogens (tertiary/aromatic N) is 2. The lowest BCUT2D eigenvalue weighted by Gasteiger charge is -2.02. The molecule has 0 aliphatic carbocycles. The summed E-state index contributed by atoms with van der Waals surface area (Å²) in [5.41, 5.74) is 0.991. The van der Waals surface area contributed by atoms with Crippen molar-refractivity contribution in [1.82, 2.24) is 15.3 Å². The molecule has 2 aromatic rings. The van der Waals surface area contributed by atoms with Gasteiger partial charge in [0.2, 0.25) is 0 Å². The van der Waals surface area contributed by atoms with Crippen LogP contribution in [0.4, 0.5) is 0 Å². The Bertz CT molecular complexity index is 453. The number of pyridine rings is 1. The number of aromatic nitrogens is 2. The zero-order chi connectivity index (χ0) is 11.4. The summed E-state index contributed by atoms with van der Waals surface area (Å²) >= 11 is 7.47. The van der Waals surface area contributed by atoms with E-state index in [-0.39, 0.29) is 0 Å². The zero-order valence-corrected chi connectivity index (χ0v) is 10.5. The van der Waals surface area contributed by atoms with Crippen LogP contribution in [0.2, 0.25) is 5.02 Å². The van der Waals surface area contributed by atoms with Crippen LogP contribution in [-0.4, -0.2) is 9.97 Å². The highest BCUT2D eigenvalue weighted by molar-refractivity contribution is 7.11. The molecule has 0 amide bonds. The highest BCUT2D eigenvalue weighted by Crippen LogP contribution is 2.11. The van der Waals surface area contributed by atoms with Crippen LogP contribution >= 0.6 is 22.9 Å². The molecule has 2 rings (SSSR count). The van der Waals surface area contributed by atoms with Crippen LogP contribution in [-0.2, 0) is 13.1 Å². The minimum atomic E-state index is 0.668. The summed E-state index contributed by atoms with van der Waals surface area (Å²) in [6, 6.07) is 3.77. The van der Waals surface area contributed by atoms with Crippen LogP contribution in [0, 0.1) is 6.92 Å². The number of hydrogen-bond acceptors (Lipinski definition) is 4. The quantitative estimate of drug-likeness (QED) is 0.911. The standard InChI is InChI=1S/C11H12ClN3S/c1-8-14-7-11(16-8)6-13-5-10-3-2-9(12)4-15-10/h2-4,7,13H,5-6H2,1H3. The van der Waals surface area contributed by atoms with Gasteiger partial charge in [0.15, 0.2) is 0 Å². The van der Waals surface area contributed by atoms with Crippen molar-refractivity contribution < 1.29 is 0 Å². The summed E-state index contributed by atoms with van der Waals surface area (Å²) in [6.45, 7) is 3.58. The highest BCUT2D eigenvalue weighted by atomic mass is 35.5. The van der Waals surface area contributed by atoms with Gasteiger partial charge in [0.05, 0.1) is 15.7 Å². The summed E-state index contributed by atoms with van der Waals surface area (Å²) in [5, 5.41) is 5.08. The maximum Gasteiger partial charge on any atom is 0.0897 e. The third kappa shape index (κ3) is 3.27. The average molecular weight is 254 g/mol. The molecular weight excluding hydrogens is 242 g/mol. The second kappa shape index (κ2) is 5.39. The minimum absolute atomic E-state index is 0.668. The number of aryl methyl sites for hydroxylation is 1. The maximum atomic E-state index is 5.75. The predicted octanol–water partition coefficient (Wildman–Crippen LogP) is 2.79. The molecule has 1 N–H and O–H groups in total. The number of halogens is 1. The summed E-state index contributed by atoms with van der Waals surface area (Å²) in [6.07, 6.45) is 3.57. The van der Waals surface area contributed by atoms with Gasteiger partial charge < -0.3 is 5.32 Å². The van der Waals surface area contributed by atoms with E-state index in [9.17, 15) is 0 Å². The van der Waals surface area contributed by atoms with E-state index in [4.69, 9.17) is 11.6 Å². The molecule has 84 valence electrons. The van der Waals surface area contributed by atoms with Gasteiger partial charge in [-0.1, -0.05) is 11.6 Å². The van der Waals surface area contributed by atoms with E-state index < -0.39 is 0 Å². The molecule has 2 aromatic heterocycles. The maximum absolute atomic E-state index is 5.75. The first-order chi connectivity index (χ1) is 7.74. The molecule has 0 bridgehead atoms. The lowest BCUT2D eigenvalue weighted by Crippen LogP contribution is -2.12. The van der Waals surface area contributed by atoms with E-state index in [2.05, 4.69) is 15.3 Å². The Balaban J connectivity index is 1.82. The van der Waals surface area contributed by atoms with Gasteiger partial charge >= 0.3 is 0 Å². The molecule has 0 radical (unpaired) electrons. The number of thiazole rings is 1. The zero-order valence-electron chi connectivity index (χ0n) is 8.90. The molecule has 0 fully saturated rings. The van der Waals surface area contributed by atoms with Gasteiger partial charge in [-0.05, 0) is 19.1 Å². The SMILES string of the molecule is Cc1ncc(CNCc2ccc(Cl)cn2)s1. The van der Waals surface area contributed by atoms with E-state index in [1.54, 1.807) is 17.5 Å². The second-order valence-electron chi connectivity index (χ2n) is 3.42. The monoisotopic (exact) mass is 253 g/mol. The van der Waals surface area contributed by atoms with E-state index >= 15 is 0 Å². The van der Waals surface area contributed by atoms with E-state index in [1.165, 1.54) is 4.88 Å². The van der Waals surface area contributed by atoms with Crippen LogP contribution in [0.1, 0.15) is 15.6 Å². The highest BCUT2D eigenvalue weighted by Gasteiger charge is 1.98. The fourth-order valence-corrected chi connectivity index (χ4v) is 2.19. The van der Waals surface area contributed by atoms with Crippen molar-refractivity contribution in [3.05, 3.63) is 45.1 Å². The van der Waals surface area contributed by atoms with Gasteiger partial charge in [0.1, 0.15) is 0 Å². The molecule has 0 aliphatic heterocycles. The van der Waals surface area contributed by atoms with Crippen molar-refractivity contribution in [3.8, 4) is 0 Å². The number of nitrogens with one attached hydrogen (secondary N) is 1. The molecule has 0 saturated heterocycles. The second-order valence-corrected chi connectivity index (χ2v) is 5.17. The summed E-state index contributed by atoms with van der Waals surface area (Å²) in [5.74, 6) is 0. The Morgan fingerprint density at radius 1 is 1.25 bits per heavy atom. The van der Waals surface area contributed by atoms with Crippen LogP contribution in [0.3, 0.4) is 0 Å². The molecule has 2 heterocycles. The Morgan fingerprint density at radius 3 is 2.75 bits per heavy atom. The molecule has 0 aliphatic rings. The van der Waals surface area contributed by atoms with Gasteiger partial charge in [-0.2, -0.15) is 0 Å². The van der Waals surface area contributed by atoms with Crippen molar-refractivity contribution in [2.45, 2.75) is 20.0 Å². The van der Waals surface area contributed by atoms with E-state index in [0.29, 0.717) is 5.02 Å². The number of rotatable bonds is 4. The molecule has 0 saturated carbocycles. The van der Waals surface area contributed by atoms with Gasteiger partial charge in [0.25, 0.3) is 0 Å². The van der Waals surface area contributed by atoms with Crippen LogP contribution in [0.5, 0.6) is 0 Å². The molecule has 0 atom stereocenters. The number of hydrogen-bond donors (Lipinski definition) is 1. The third-order valence-electron chi connectivity index (χ3n) is 2.06. The lowest BCUT2D eigenvalue weighted by molar-refractivity contribution is 0.686. The first kappa shape index (κ1) is 11.5. The van der Waals surface area contributed by atoms with E-state index in [0.717, 1.165) is 23.8 Å². The molecule has 5 heteroatoms. The first-order valence-electron chi connectivity index (χ1n) is 4.96. The Kier molecular flexibility index (Phi) is 3.88. The summed E-state index contributed by atoms with van der Waals surface area (Å²) in [4.78, 5) is 9.65. The summed E-state index contributed by atoms with van der Waals surface area (Å²) < 4.78 is 0. The van der Waals surface area contributed by atoms with Gasteiger partial charge in [-0.25, -0.2) is 4.98 Å². The van der Waals surface area contributed by atoms with Gasteiger partial charge in [0, 0.05) is 30.4 Å². The van der Waals surface area contributed by atoms with Crippen molar-refractivity contribution in [3.63, 3.8) is 0 Å². The van der Waals surface area contributed by atoms with Gasteiger partial charge in [-0.15, -0.1) is 11.3 Å². The van der Waals surface area contributed by atoms with Crippen LogP contribution in [0.15, 0.2) is 24.5 Å². The molecule has 16 heavy (non-hydrogen) atoms. The lowest BCUT2D eigenvalue weighted by atomic mass is 10.3. The van der Waals surface area contributed by atoms with Crippen molar-refractivity contribution in [2.24, 2.45) is 0 Å². The topological polar surface area (TPSA) is 37.8 Å². The van der Waals surface area contributed by atoms with Crippen molar-refractivity contribution in [1.29, 1.82) is 0 Å². The fourth-order valence-electron chi connectivity index (χ4n) is 1.31. The molecule has 3 nitrogen and oxygen atoms in total. The normalized spacial score (nSPS) is 10.6. The minimum Gasteiger partial charge on any atom is -0.306 e. The predicted molar refractivity (Wildman–Crippen MR) is 66.6 cm³/mol. The Hall–Kier alpha value is -0.970. The Morgan fingerprint density at radius 2 is 2.12 bits per heavy atom. The van der Waals surface area contributed by atoms with Crippen LogP contribution < -0.4 is 5.32 Å². The molecular formula is C11H12ClN3S. The van der Waals surface area contributed by atoms with Crippen molar-refractivity contribution >= 4 is 22.9 Å². The van der Waals surface area contributed by atoms with Crippen molar-refractivity contribution in [2.75, 3.05) is 0 Å². The first-order valence-corrected chi connectivity index (χ1v) is 6.16. The Labute approximate surface area is 104 Å². The third-order valence-corrected chi connectivity index (χ3v) is 3.20. The van der Waals surface area contributed by atoms with Crippen LogP contribution in [0.25, 0.3) is 0 Å². The van der Waals surface area contributed by atoms with Gasteiger partial charge in [-0.3, -0.25) is 4.98 Å².